The number of carbonyl (C=O) groups excluding carboxylic acids is 2. The minimum Gasteiger partial charge on any atom is -0.454 e. The van der Waals surface area contributed by atoms with Gasteiger partial charge in [-0.1, -0.05) is 36.6 Å². The van der Waals surface area contributed by atoms with E-state index in [2.05, 4.69) is 11.5 Å². The van der Waals surface area contributed by atoms with E-state index in [1.165, 1.54) is 0 Å². The van der Waals surface area contributed by atoms with Gasteiger partial charge in [-0.05, 0) is 50.1 Å². The van der Waals surface area contributed by atoms with Gasteiger partial charge in [0.2, 0.25) is 12.7 Å². The summed E-state index contributed by atoms with van der Waals surface area (Å²) in [5, 5.41) is 1.33. The van der Waals surface area contributed by atoms with E-state index in [0.29, 0.717) is 40.6 Å². The van der Waals surface area contributed by atoms with E-state index < -0.39 is 5.91 Å². The zero-order valence-corrected chi connectivity index (χ0v) is 19.1. The average Bonchev–Trinajstić information content (AvgIpc) is 3.29. The number of nitrogens with two attached hydrogens (primary N) is 1. The number of nitrogens with zero attached hydrogens (tertiary/aromatic N) is 1. The molecule has 2 N–H and O–H groups in total. The largest absolute Gasteiger partial charge is 0.454 e. The number of benzene rings is 2. The molecule has 166 valence electrons. The van der Waals surface area contributed by atoms with Gasteiger partial charge in [-0.2, -0.15) is 0 Å². The summed E-state index contributed by atoms with van der Waals surface area (Å²) in [7, 11) is 0. The molecule has 1 amide bonds. The lowest BCUT2D eigenvalue weighted by Crippen LogP contribution is -2.11. The van der Waals surface area contributed by atoms with Gasteiger partial charge >= 0.3 is 0 Å². The van der Waals surface area contributed by atoms with Crippen molar-refractivity contribution < 1.29 is 19.1 Å². The number of aromatic nitrogens is 1. The predicted molar refractivity (Wildman–Crippen MR) is 125 cm³/mol. The molecule has 0 bridgehead atoms. The molecule has 0 saturated heterocycles. The maximum atomic E-state index is 13.2. The number of allylic oxidation sites excluding steroid dienone is 2. The van der Waals surface area contributed by atoms with E-state index in [1.54, 1.807) is 30.3 Å². The summed E-state index contributed by atoms with van der Waals surface area (Å²) in [6.45, 7) is 6.43. The molecule has 0 unspecified atom stereocenters. The van der Waals surface area contributed by atoms with E-state index in [4.69, 9.17) is 26.8 Å². The van der Waals surface area contributed by atoms with Gasteiger partial charge < -0.3 is 19.8 Å². The first-order valence-electron chi connectivity index (χ1n) is 10.5. The highest BCUT2D eigenvalue weighted by Gasteiger charge is 2.24. The Morgan fingerprint density at radius 3 is 2.53 bits per heavy atom. The summed E-state index contributed by atoms with van der Waals surface area (Å²) in [6, 6.07) is 8.82. The third kappa shape index (κ3) is 3.98. The number of hydrogen-bond donors (Lipinski definition) is 1. The number of rotatable bonds is 7. The Morgan fingerprint density at radius 2 is 1.88 bits per heavy atom. The number of carbonyl (C=O) groups is 2. The number of hydrogen-bond acceptors (Lipinski definition) is 4. The van der Waals surface area contributed by atoms with Crippen LogP contribution in [0, 0.1) is 0 Å². The van der Waals surface area contributed by atoms with Crippen molar-refractivity contribution in [3.8, 4) is 11.5 Å². The van der Waals surface area contributed by atoms with Crippen molar-refractivity contribution in [3.63, 3.8) is 0 Å². The number of ketones is 1. The Bertz CT molecular complexity index is 1270. The molecule has 6 nitrogen and oxygen atoms in total. The van der Waals surface area contributed by atoms with Gasteiger partial charge in [-0.15, -0.1) is 0 Å². The van der Waals surface area contributed by atoms with E-state index in [1.807, 2.05) is 19.9 Å². The summed E-state index contributed by atoms with van der Waals surface area (Å²) < 4.78 is 13.0. The number of amides is 1. The lowest BCUT2D eigenvalue weighted by Gasteiger charge is -2.14. The second-order valence-corrected chi connectivity index (χ2v) is 8.54. The maximum absolute atomic E-state index is 13.2. The average molecular weight is 453 g/mol. The molecule has 2 heterocycles. The minimum atomic E-state index is -0.519. The van der Waals surface area contributed by atoms with E-state index >= 15 is 0 Å². The van der Waals surface area contributed by atoms with Crippen LogP contribution in [0.4, 0.5) is 0 Å². The molecule has 0 spiro atoms. The Morgan fingerprint density at radius 1 is 1.16 bits per heavy atom. The first-order chi connectivity index (χ1) is 15.3. The molecule has 4 rings (SSSR count). The van der Waals surface area contributed by atoms with Gasteiger partial charge in [0.1, 0.15) is 0 Å². The summed E-state index contributed by atoms with van der Waals surface area (Å²) in [5.41, 5.74) is 10.0. The van der Waals surface area contributed by atoms with Crippen LogP contribution >= 0.6 is 11.6 Å². The molecule has 1 aliphatic rings. The van der Waals surface area contributed by atoms with Gasteiger partial charge in [-0.25, -0.2) is 0 Å². The number of fused-ring (bicyclic) bond motifs is 2. The van der Waals surface area contributed by atoms with Crippen LogP contribution in [0.5, 0.6) is 11.5 Å². The molecule has 32 heavy (non-hydrogen) atoms. The van der Waals surface area contributed by atoms with E-state index in [9.17, 15) is 9.59 Å². The van der Waals surface area contributed by atoms with Gasteiger partial charge in [0.05, 0.1) is 11.1 Å². The highest BCUT2D eigenvalue weighted by Crippen LogP contribution is 2.38. The fraction of sp³-hybridized carbons (Fsp3) is 0.280. The molecule has 3 aromatic rings. The fourth-order valence-electron chi connectivity index (χ4n) is 4.09. The molecule has 1 aliphatic heterocycles. The van der Waals surface area contributed by atoms with Gasteiger partial charge in [0.15, 0.2) is 17.3 Å². The number of halogens is 1. The minimum absolute atomic E-state index is 0.0548. The van der Waals surface area contributed by atoms with Crippen LogP contribution in [-0.4, -0.2) is 23.1 Å². The standard InChI is InChI=1S/C25H25ClN2O4/c1-4-5-19-24(21(29)8-14(2)3)17-7-6-15(25(27)30)9-20(17)28(19)12-16-10-22-23(11-18(16)26)32-13-31-22/h6-11H,4-5,12-13H2,1-3H3,(H2,27,30). The fourth-order valence-corrected chi connectivity index (χ4v) is 4.31. The molecule has 0 radical (unpaired) electrons. The summed E-state index contributed by atoms with van der Waals surface area (Å²) in [6.07, 6.45) is 3.19. The van der Waals surface area contributed by atoms with Crippen molar-refractivity contribution in [2.45, 2.75) is 40.2 Å². The lowest BCUT2D eigenvalue weighted by molar-refractivity contribution is 0.0999. The smallest absolute Gasteiger partial charge is 0.248 e. The van der Waals surface area contributed by atoms with Gasteiger partial charge in [-0.3, -0.25) is 9.59 Å². The molecule has 7 heteroatoms. The summed E-state index contributed by atoms with van der Waals surface area (Å²) in [4.78, 5) is 25.1. The molecular formula is C25H25ClN2O4. The Balaban J connectivity index is 1.96. The van der Waals surface area contributed by atoms with Crippen molar-refractivity contribution in [1.82, 2.24) is 4.57 Å². The van der Waals surface area contributed by atoms with Crippen molar-refractivity contribution in [3.05, 3.63) is 69.4 Å². The number of primary amides is 1. The Kier molecular flexibility index (Phi) is 5.98. The third-order valence-electron chi connectivity index (χ3n) is 5.48. The molecule has 0 aliphatic carbocycles. The van der Waals surface area contributed by atoms with Crippen molar-refractivity contribution in [2.24, 2.45) is 5.73 Å². The molecule has 0 fully saturated rings. The molecule has 2 aromatic carbocycles. The zero-order chi connectivity index (χ0) is 23.0. The van der Waals surface area contributed by atoms with Crippen LogP contribution in [0.25, 0.3) is 10.9 Å². The van der Waals surface area contributed by atoms with Crippen LogP contribution in [0.3, 0.4) is 0 Å². The van der Waals surface area contributed by atoms with Crippen LogP contribution < -0.4 is 15.2 Å². The lowest BCUT2D eigenvalue weighted by atomic mass is 10.0. The first-order valence-corrected chi connectivity index (χ1v) is 10.9. The summed E-state index contributed by atoms with van der Waals surface area (Å²) >= 11 is 6.56. The Hall–Kier alpha value is -3.25. The van der Waals surface area contributed by atoms with Crippen molar-refractivity contribution in [1.29, 1.82) is 0 Å². The predicted octanol–water partition coefficient (Wildman–Crippen LogP) is 5.27. The SMILES string of the molecule is CCCc1c(C(=O)C=C(C)C)c2ccc(C(N)=O)cc2n1Cc1cc2c(cc1Cl)OCO2. The first kappa shape index (κ1) is 22.0. The monoisotopic (exact) mass is 452 g/mol. The third-order valence-corrected chi connectivity index (χ3v) is 5.83. The summed E-state index contributed by atoms with van der Waals surface area (Å²) in [5.74, 6) is 0.674. The van der Waals surface area contributed by atoms with Crippen molar-refractivity contribution >= 4 is 34.2 Å². The van der Waals surface area contributed by atoms with Gasteiger partial charge in [0, 0.05) is 34.3 Å². The topological polar surface area (TPSA) is 83.6 Å². The van der Waals surface area contributed by atoms with E-state index in [-0.39, 0.29) is 12.6 Å². The molecular weight excluding hydrogens is 428 g/mol. The molecule has 1 aromatic heterocycles. The zero-order valence-electron chi connectivity index (χ0n) is 18.3. The van der Waals surface area contributed by atoms with Gasteiger partial charge in [0.25, 0.3) is 0 Å². The second kappa shape index (κ2) is 8.71. The van der Waals surface area contributed by atoms with Crippen LogP contribution in [0.2, 0.25) is 5.02 Å². The van der Waals surface area contributed by atoms with Crippen LogP contribution in [-0.2, 0) is 13.0 Å². The van der Waals surface area contributed by atoms with Crippen molar-refractivity contribution in [2.75, 3.05) is 6.79 Å². The maximum Gasteiger partial charge on any atom is 0.248 e. The molecule has 0 atom stereocenters. The quantitative estimate of drug-likeness (QED) is 0.391. The Labute approximate surface area is 191 Å². The van der Waals surface area contributed by atoms with E-state index in [0.717, 1.165) is 34.2 Å². The highest BCUT2D eigenvalue weighted by molar-refractivity contribution is 6.31. The number of ether oxygens (including phenoxy) is 2. The highest BCUT2D eigenvalue weighted by atomic mass is 35.5. The normalized spacial score (nSPS) is 12.2. The van der Waals surface area contributed by atoms with Crippen LogP contribution in [0.15, 0.2) is 42.0 Å². The second-order valence-electron chi connectivity index (χ2n) is 8.14. The van der Waals surface area contributed by atoms with Crippen LogP contribution in [0.1, 0.15) is 59.2 Å². The molecule has 0 saturated carbocycles.